The van der Waals surface area contributed by atoms with Crippen LogP contribution in [-0.4, -0.2) is 24.4 Å². The summed E-state index contributed by atoms with van der Waals surface area (Å²) in [4.78, 5) is 4.60. The molecule has 1 aromatic carbocycles. The standard InChI is InChI=1S/C18H15N7/c1-2-24-12-15(11-20-24)21-18-22-17-16(4-3-9-25(17)23-18)14-7-5-13(10-19)6-8-14/h3-9,11-12H,2H2,1H3,(H,21,23). The van der Waals surface area contributed by atoms with Crippen molar-refractivity contribution in [1.29, 1.82) is 5.26 Å². The van der Waals surface area contributed by atoms with Crippen molar-refractivity contribution in [1.82, 2.24) is 24.4 Å². The van der Waals surface area contributed by atoms with Crippen LogP contribution < -0.4 is 5.32 Å². The zero-order valence-corrected chi connectivity index (χ0v) is 13.6. The molecule has 3 aromatic heterocycles. The van der Waals surface area contributed by atoms with Gasteiger partial charge in [-0.05, 0) is 36.8 Å². The number of aryl methyl sites for hydroxylation is 1. The highest BCUT2D eigenvalue weighted by Gasteiger charge is 2.10. The molecular weight excluding hydrogens is 314 g/mol. The second kappa shape index (κ2) is 6.09. The summed E-state index contributed by atoms with van der Waals surface area (Å²) < 4.78 is 3.57. The predicted octanol–water partition coefficient (Wildman–Crippen LogP) is 3.23. The van der Waals surface area contributed by atoms with Crippen LogP contribution in [0.4, 0.5) is 11.6 Å². The summed E-state index contributed by atoms with van der Waals surface area (Å²) >= 11 is 0. The largest absolute Gasteiger partial charge is 0.320 e. The molecule has 0 amide bonds. The Hall–Kier alpha value is -3.66. The van der Waals surface area contributed by atoms with Gasteiger partial charge in [0, 0.05) is 24.5 Å². The lowest BCUT2D eigenvalue weighted by Gasteiger charge is -2.02. The Balaban J connectivity index is 1.71. The quantitative estimate of drug-likeness (QED) is 0.621. The van der Waals surface area contributed by atoms with Gasteiger partial charge < -0.3 is 5.32 Å². The average molecular weight is 329 g/mol. The van der Waals surface area contributed by atoms with Gasteiger partial charge in [0.2, 0.25) is 5.95 Å². The number of rotatable bonds is 4. The summed E-state index contributed by atoms with van der Waals surface area (Å²) in [6.07, 6.45) is 5.51. The van der Waals surface area contributed by atoms with Crippen LogP contribution >= 0.6 is 0 Å². The van der Waals surface area contributed by atoms with Gasteiger partial charge in [0.1, 0.15) is 0 Å². The van der Waals surface area contributed by atoms with E-state index in [0.717, 1.165) is 29.0 Å². The second-order valence-electron chi connectivity index (χ2n) is 5.52. The van der Waals surface area contributed by atoms with Gasteiger partial charge in [-0.3, -0.25) is 4.68 Å². The number of hydrogen-bond acceptors (Lipinski definition) is 5. The number of aromatic nitrogens is 5. The van der Waals surface area contributed by atoms with E-state index >= 15 is 0 Å². The maximum absolute atomic E-state index is 8.94. The van der Waals surface area contributed by atoms with E-state index in [1.165, 1.54) is 0 Å². The first-order chi connectivity index (χ1) is 12.3. The minimum absolute atomic E-state index is 0.511. The lowest BCUT2D eigenvalue weighted by atomic mass is 10.1. The maximum atomic E-state index is 8.94. The molecule has 1 N–H and O–H groups in total. The summed E-state index contributed by atoms with van der Waals surface area (Å²) in [7, 11) is 0. The van der Waals surface area contributed by atoms with Crippen molar-refractivity contribution in [2.75, 3.05) is 5.32 Å². The van der Waals surface area contributed by atoms with Crippen LogP contribution in [0.5, 0.6) is 0 Å². The Morgan fingerprint density at radius 3 is 2.76 bits per heavy atom. The van der Waals surface area contributed by atoms with Crippen molar-refractivity contribution in [2.24, 2.45) is 0 Å². The fourth-order valence-electron chi connectivity index (χ4n) is 2.64. The summed E-state index contributed by atoms with van der Waals surface area (Å²) in [6, 6.07) is 13.5. The third-order valence-corrected chi connectivity index (χ3v) is 3.90. The smallest absolute Gasteiger partial charge is 0.247 e. The monoisotopic (exact) mass is 329 g/mol. The first-order valence-corrected chi connectivity index (χ1v) is 7.92. The van der Waals surface area contributed by atoms with Crippen molar-refractivity contribution < 1.29 is 0 Å². The highest BCUT2D eigenvalue weighted by Crippen LogP contribution is 2.25. The first-order valence-electron chi connectivity index (χ1n) is 7.92. The zero-order valence-electron chi connectivity index (χ0n) is 13.6. The second-order valence-corrected chi connectivity index (χ2v) is 5.52. The molecule has 0 aliphatic heterocycles. The molecule has 0 saturated heterocycles. The van der Waals surface area contributed by atoms with Crippen molar-refractivity contribution in [3.05, 3.63) is 60.6 Å². The Morgan fingerprint density at radius 2 is 2.04 bits per heavy atom. The minimum Gasteiger partial charge on any atom is -0.320 e. The van der Waals surface area contributed by atoms with Crippen molar-refractivity contribution in [3.8, 4) is 17.2 Å². The molecule has 0 aliphatic carbocycles. The molecule has 122 valence electrons. The van der Waals surface area contributed by atoms with Gasteiger partial charge in [0.25, 0.3) is 0 Å². The molecule has 0 bridgehead atoms. The number of hydrogen-bond donors (Lipinski definition) is 1. The van der Waals surface area contributed by atoms with Gasteiger partial charge in [-0.2, -0.15) is 15.3 Å². The Labute approximate surface area is 144 Å². The maximum Gasteiger partial charge on any atom is 0.247 e. The number of pyridine rings is 1. The minimum atomic E-state index is 0.511. The van der Waals surface area contributed by atoms with Crippen molar-refractivity contribution in [2.45, 2.75) is 13.5 Å². The fourth-order valence-corrected chi connectivity index (χ4v) is 2.64. The van der Waals surface area contributed by atoms with Crippen LogP contribution in [0.1, 0.15) is 12.5 Å². The summed E-state index contributed by atoms with van der Waals surface area (Å²) in [5.74, 6) is 0.511. The van der Waals surface area contributed by atoms with Crippen LogP contribution in [-0.2, 0) is 6.54 Å². The lowest BCUT2D eigenvalue weighted by molar-refractivity contribution is 0.660. The van der Waals surface area contributed by atoms with E-state index in [1.807, 2.05) is 48.3 Å². The highest BCUT2D eigenvalue weighted by atomic mass is 15.4. The molecule has 7 nitrogen and oxygen atoms in total. The predicted molar refractivity (Wildman–Crippen MR) is 94.3 cm³/mol. The molecular formula is C18H15N7. The summed E-state index contributed by atoms with van der Waals surface area (Å²) in [6.45, 7) is 2.84. The van der Waals surface area contributed by atoms with Crippen molar-refractivity contribution in [3.63, 3.8) is 0 Å². The number of anilines is 2. The van der Waals surface area contributed by atoms with E-state index in [1.54, 1.807) is 22.8 Å². The summed E-state index contributed by atoms with van der Waals surface area (Å²) in [5.41, 5.74) is 4.17. The van der Waals surface area contributed by atoms with E-state index in [0.29, 0.717) is 11.5 Å². The molecule has 0 saturated carbocycles. The van der Waals surface area contributed by atoms with E-state index < -0.39 is 0 Å². The van der Waals surface area contributed by atoms with Gasteiger partial charge >= 0.3 is 0 Å². The molecule has 0 radical (unpaired) electrons. The van der Waals surface area contributed by atoms with E-state index in [4.69, 9.17) is 5.26 Å². The lowest BCUT2D eigenvalue weighted by Crippen LogP contribution is -1.93. The van der Waals surface area contributed by atoms with E-state index in [-0.39, 0.29) is 0 Å². The van der Waals surface area contributed by atoms with E-state index in [2.05, 4.69) is 26.6 Å². The molecule has 0 spiro atoms. The van der Waals surface area contributed by atoms with Gasteiger partial charge in [0.15, 0.2) is 5.65 Å². The number of nitrogens with one attached hydrogen (secondary N) is 1. The molecule has 0 aliphatic rings. The normalized spacial score (nSPS) is 10.7. The topological polar surface area (TPSA) is 83.8 Å². The third-order valence-electron chi connectivity index (χ3n) is 3.90. The first kappa shape index (κ1) is 14.9. The van der Waals surface area contributed by atoms with Crippen LogP contribution in [0.15, 0.2) is 55.0 Å². The van der Waals surface area contributed by atoms with E-state index in [9.17, 15) is 0 Å². The number of fused-ring (bicyclic) bond motifs is 1. The van der Waals surface area contributed by atoms with Gasteiger partial charge in [-0.15, -0.1) is 5.10 Å². The molecule has 4 aromatic rings. The number of nitrogens with zero attached hydrogens (tertiary/aromatic N) is 6. The Bertz CT molecular complexity index is 1070. The Kier molecular flexibility index (Phi) is 3.63. The molecule has 4 rings (SSSR count). The van der Waals surface area contributed by atoms with Crippen LogP contribution in [0, 0.1) is 11.3 Å². The highest BCUT2D eigenvalue weighted by molar-refractivity contribution is 5.78. The van der Waals surface area contributed by atoms with Crippen LogP contribution in [0.3, 0.4) is 0 Å². The third kappa shape index (κ3) is 2.81. The molecule has 7 heteroatoms. The Morgan fingerprint density at radius 1 is 1.20 bits per heavy atom. The molecule has 25 heavy (non-hydrogen) atoms. The average Bonchev–Trinajstić information content (AvgIpc) is 3.27. The molecule has 3 heterocycles. The van der Waals surface area contributed by atoms with Gasteiger partial charge in [-0.1, -0.05) is 12.1 Å². The zero-order chi connectivity index (χ0) is 17.2. The number of benzene rings is 1. The summed E-state index contributed by atoms with van der Waals surface area (Å²) in [5, 5.41) is 20.8. The molecule has 0 atom stereocenters. The van der Waals surface area contributed by atoms with Crippen LogP contribution in [0.2, 0.25) is 0 Å². The number of nitriles is 1. The molecule has 0 unspecified atom stereocenters. The van der Waals surface area contributed by atoms with Gasteiger partial charge in [-0.25, -0.2) is 4.52 Å². The molecule has 0 fully saturated rings. The fraction of sp³-hybridized carbons (Fsp3) is 0.111. The van der Waals surface area contributed by atoms with Gasteiger partial charge in [0.05, 0.1) is 23.5 Å². The van der Waals surface area contributed by atoms with Crippen LogP contribution in [0.25, 0.3) is 16.8 Å². The van der Waals surface area contributed by atoms with Crippen molar-refractivity contribution >= 4 is 17.3 Å². The SMILES string of the molecule is CCn1cc(Nc2nc3c(-c4ccc(C#N)cc4)cccn3n2)cn1.